The second-order valence-corrected chi connectivity index (χ2v) is 11.0. The van der Waals surface area contributed by atoms with Crippen LogP contribution in [0.5, 0.6) is 5.75 Å². The molecule has 3 N–H and O–H groups in total. The summed E-state index contributed by atoms with van der Waals surface area (Å²) in [6.45, 7) is 5.58. The van der Waals surface area contributed by atoms with E-state index >= 15 is 0 Å². The highest BCUT2D eigenvalue weighted by Crippen LogP contribution is 2.23. The molecule has 1 saturated heterocycles. The minimum atomic E-state index is -1.07. The number of aryl methyl sites for hydroxylation is 1. The molecule has 8 heteroatoms. The highest BCUT2D eigenvalue weighted by Gasteiger charge is 2.40. The van der Waals surface area contributed by atoms with Crippen molar-refractivity contribution in [3.05, 3.63) is 113 Å². The van der Waals surface area contributed by atoms with E-state index in [0.717, 1.165) is 16.7 Å². The summed E-state index contributed by atoms with van der Waals surface area (Å²) >= 11 is 0. The van der Waals surface area contributed by atoms with E-state index in [1.54, 1.807) is 45.0 Å². The fourth-order valence-corrected chi connectivity index (χ4v) is 4.52. The molecule has 0 radical (unpaired) electrons. The Morgan fingerprint density at radius 1 is 0.902 bits per heavy atom. The van der Waals surface area contributed by atoms with Crippen LogP contribution >= 0.6 is 0 Å². The van der Waals surface area contributed by atoms with Crippen molar-refractivity contribution in [2.75, 3.05) is 0 Å². The number of hydrogen-bond acceptors (Lipinski definition) is 6. The number of ether oxygens (including phenoxy) is 2. The molecule has 0 aromatic heterocycles. The zero-order valence-electron chi connectivity index (χ0n) is 23.6. The lowest BCUT2D eigenvalue weighted by Gasteiger charge is -2.24. The molecular weight excluding hydrogens is 520 g/mol. The largest absolute Gasteiger partial charge is 0.509 e. The van der Waals surface area contributed by atoms with Crippen molar-refractivity contribution in [2.24, 2.45) is 0 Å². The molecule has 8 nitrogen and oxygen atoms in total. The molecule has 1 aliphatic heterocycles. The number of ketones is 1. The number of rotatable bonds is 10. The van der Waals surface area contributed by atoms with Gasteiger partial charge in [0.25, 0.3) is 5.91 Å². The molecule has 0 spiro atoms. The minimum absolute atomic E-state index is 0.114. The molecule has 1 heterocycles. The van der Waals surface area contributed by atoms with Crippen LogP contribution in [-0.2, 0) is 33.8 Å². The number of benzene rings is 3. The minimum Gasteiger partial charge on any atom is -0.509 e. The van der Waals surface area contributed by atoms with Gasteiger partial charge in [0.1, 0.15) is 29.3 Å². The molecule has 214 valence electrons. The average molecular weight is 557 g/mol. The summed E-state index contributed by atoms with van der Waals surface area (Å²) in [5.41, 5.74) is 1.70. The van der Waals surface area contributed by atoms with Gasteiger partial charge in [-0.2, -0.15) is 0 Å². The summed E-state index contributed by atoms with van der Waals surface area (Å²) in [7, 11) is 0. The lowest BCUT2D eigenvalue weighted by molar-refractivity contribution is -0.117. The summed E-state index contributed by atoms with van der Waals surface area (Å²) in [5, 5.41) is 16.6. The first-order chi connectivity index (χ1) is 19.6. The number of carbonyl (C=O) groups is 3. The molecule has 0 saturated carbocycles. The van der Waals surface area contributed by atoms with Crippen LogP contribution in [0, 0.1) is 0 Å². The van der Waals surface area contributed by atoms with Crippen molar-refractivity contribution in [3.8, 4) is 5.75 Å². The Balaban J connectivity index is 1.50. The van der Waals surface area contributed by atoms with Gasteiger partial charge in [-0.15, -0.1) is 0 Å². The summed E-state index contributed by atoms with van der Waals surface area (Å²) in [5.74, 6) is -0.997. The van der Waals surface area contributed by atoms with Crippen LogP contribution in [0.15, 0.2) is 96.3 Å². The lowest BCUT2D eigenvalue weighted by atomic mass is 9.97. The molecule has 3 aromatic rings. The van der Waals surface area contributed by atoms with Gasteiger partial charge in [0, 0.05) is 6.42 Å². The summed E-state index contributed by atoms with van der Waals surface area (Å²) in [6, 6.07) is 24.8. The van der Waals surface area contributed by atoms with E-state index in [1.165, 1.54) is 0 Å². The van der Waals surface area contributed by atoms with Crippen molar-refractivity contribution in [1.82, 2.24) is 10.6 Å². The van der Waals surface area contributed by atoms with Crippen LogP contribution in [-0.4, -0.2) is 40.6 Å². The van der Waals surface area contributed by atoms with Gasteiger partial charge in [0.2, 0.25) is 0 Å². The van der Waals surface area contributed by atoms with E-state index in [-0.39, 0.29) is 12.0 Å². The molecule has 2 amide bonds. The average Bonchev–Trinajstić information content (AvgIpc) is 3.23. The molecule has 3 aromatic carbocycles. The first kappa shape index (κ1) is 29.4. The number of nitrogens with one attached hydrogen (secondary N) is 2. The summed E-state index contributed by atoms with van der Waals surface area (Å²) in [6.07, 6.45) is 0.316. The number of alkyl carbamates (subject to hydrolysis) is 1. The molecule has 1 aliphatic rings. The number of Topliss-reactive ketones (excluding diaryl/α,β-unsaturated/α-hetero) is 1. The van der Waals surface area contributed by atoms with Crippen molar-refractivity contribution >= 4 is 17.8 Å². The summed E-state index contributed by atoms with van der Waals surface area (Å²) in [4.78, 5) is 38.7. The number of carbonyl (C=O) groups excluding carboxylic acids is 3. The van der Waals surface area contributed by atoms with E-state index in [0.29, 0.717) is 25.2 Å². The SMILES string of the molecule is CC(C)(C)OC(=O)N[C@@H](Cc1ccc(OCc2ccccc2)cc1)C(O)=C1C(=O)N[C@H](CCc2ccccc2)C1=O. The maximum Gasteiger partial charge on any atom is 0.408 e. The highest BCUT2D eigenvalue weighted by molar-refractivity contribution is 6.27. The predicted molar refractivity (Wildman–Crippen MR) is 155 cm³/mol. The van der Waals surface area contributed by atoms with E-state index in [9.17, 15) is 19.5 Å². The van der Waals surface area contributed by atoms with Gasteiger partial charge in [-0.1, -0.05) is 72.8 Å². The number of amides is 2. The number of aliphatic hydroxyl groups excluding tert-OH is 1. The van der Waals surface area contributed by atoms with E-state index in [2.05, 4.69) is 10.6 Å². The molecule has 0 bridgehead atoms. The van der Waals surface area contributed by atoms with Crippen molar-refractivity contribution in [2.45, 2.75) is 64.3 Å². The third-order valence-electron chi connectivity index (χ3n) is 6.55. The van der Waals surface area contributed by atoms with E-state index in [1.807, 2.05) is 60.7 Å². The molecule has 1 fully saturated rings. The van der Waals surface area contributed by atoms with Crippen LogP contribution in [0.4, 0.5) is 4.79 Å². The van der Waals surface area contributed by atoms with Gasteiger partial charge >= 0.3 is 6.09 Å². The first-order valence-electron chi connectivity index (χ1n) is 13.7. The normalized spacial score (nSPS) is 17.0. The second-order valence-electron chi connectivity index (χ2n) is 11.0. The predicted octanol–water partition coefficient (Wildman–Crippen LogP) is 5.21. The van der Waals surface area contributed by atoms with Crippen molar-refractivity contribution < 1.29 is 29.0 Å². The van der Waals surface area contributed by atoms with Gasteiger partial charge in [0.15, 0.2) is 5.78 Å². The maximum atomic E-state index is 13.2. The van der Waals surface area contributed by atoms with Crippen molar-refractivity contribution in [1.29, 1.82) is 0 Å². The van der Waals surface area contributed by atoms with Gasteiger partial charge in [0.05, 0.1) is 12.1 Å². The molecule has 41 heavy (non-hydrogen) atoms. The molecule has 0 unspecified atom stereocenters. The van der Waals surface area contributed by atoms with Crippen LogP contribution < -0.4 is 15.4 Å². The van der Waals surface area contributed by atoms with E-state index < -0.39 is 41.2 Å². The third kappa shape index (κ3) is 8.45. The Labute approximate surface area is 240 Å². The molecule has 4 rings (SSSR count). The Hall–Kier alpha value is -4.59. The highest BCUT2D eigenvalue weighted by atomic mass is 16.6. The summed E-state index contributed by atoms with van der Waals surface area (Å²) < 4.78 is 11.2. The lowest BCUT2D eigenvalue weighted by Crippen LogP contribution is -2.42. The van der Waals surface area contributed by atoms with Crippen LogP contribution in [0.25, 0.3) is 0 Å². The van der Waals surface area contributed by atoms with Crippen LogP contribution in [0.1, 0.15) is 43.9 Å². The fourth-order valence-electron chi connectivity index (χ4n) is 4.52. The van der Waals surface area contributed by atoms with Gasteiger partial charge < -0.3 is 25.2 Å². The molecule has 0 aliphatic carbocycles. The Morgan fingerprint density at radius 3 is 2.12 bits per heavy atom. The fraction of sp³-hybridized carbons (Fsp3) is 0.303. The van der Waals surface area contributed by atoms with Crippen LogP contribution in [0.2, 0.25) is 0 Å². The zero-order valence-corrected chi connectivity index (χ0v) is 23.6. The first-order valence-corrected chi connectivity index (χ1v) is 13.7. The maximum absolute atomic E-state index is 13.2. The van der Waals surface area contributed by atoms with Crippen molar-refractivity contribution in [3.63, 3.8) is 0 Å². The standard InChI is InChI=1S/C33H36N2O6/c1-33(2,3)41-32(39)35-27(20-23-14-17-25(18-15-23)40-21-24-12-8-5-9-13-24)30(37)28-29(36)26(34-31(28)38)19-16-22-10-6-4-7-11-22/h4-15,17-18,26-27,37H,16,19-21H2,1-3H3,(H,34,38)(H,35,39)/t26-,27+/m1/s1. The topological polar surface area (TPSA) is 114 Å². The Bertz CT molecular complexity index is 1380. The number of aliphatic hydroxyl groups is 1. The molecular formula is C33H36N2O6. The third-order valence-corrected chi connectivity index (χ3v) is 6.55. The van der Waals surface area contributed by atoms with Gasteiger partial charge in [-0.05, 0) is 62.4 Å². The second kappa shape index (κ2) is 13.2. The quantitative estimate of drug-likeness (QED) is 0.179. The van der Waals surface area contributed by atoms with Crippen LogP contribution in [0.3, 0.4) is 0 Å². The monoisotopic (exact) mass is 556 g/mol. The van der Waals surface area contributed by atoms with Gasteiger partial charge in [-0.3, -0.25) is 9.59 Å². The Kier molecular flexibility index (Phi) is 9.45. The van der Waals surface area contributed by atoms with E-state index in [4.69, 9.17) is 9.47 Å². The smallest absolute Gasteiger partial charge is 0.408 e. The Morgan fingerprint density at radius 2 is 1.51 bits per heavy atom. The number of hydrogen-bond donors (Lipinski definition) is 3. The zero-order chi connectivity index (χ0) is 29.4. The van der Waals surface area contributed by atoms with Gasteiger partial charge in [-0.25, -0.2) is 4.79 Å². The molecule has 2 atom stereocenters.